The SMILES string of the molecule is CN1C[C@H](c2ccco2)[C@@H](C(=O)c2ccc(Cl)cc2)C12C(=O)c1ccccc1C2=O. The molecule has 0 radical (unpaired) electrons. The largest absolute Gasteiger partial charge is 0.469 e. The molecule has 3 aromatic rings. The maximum atomic E-state index is 13.8. The van der Waals surface area contributed by atoms with Crippen LogP contribution in [0.3, 0.4) is 0 Å². The predicted molar refractivity (Wildman–Crippen MR) is 111 cm³/mol. The first-order valence-electron chi connectivity index (χ1n) is 9.69. The smallest absolute Gasteiger partial charge is 0.192 e. The Morgan fingerprint density at radius 2 is 1.63 bits per heavy atom. The molecule has 5 rings (SSSR count). The third kappa shape index (κ3) is 2.42. The van der Waals surface area contributed by atoms with Gasteiger partial charge in [-0.15, -0.1) is 0 Å². The van der Waals surface area contributed by atoms with Crippen LogP contribution in [-0.4, -0.2) is 41.4 Å². The molecule has 0 N–H and O–H groups in total. The van der Waals surface area contributed by atoms with Crippen molar-refractivity contribution in [2.45, 2.75) is 11.5 Å². The zero-order chi connectivity index (χ0) is 21.0. The van der Waals surface area contributed by atoms with Gasteiger partial charge in [0.15, 0.2) is 22.9 Å². The van der Waals surface area contributed by atoms with Gasteiger partial charge in [-0.25, -0.2) is 0 Å². The number of Topliss-reactive ketones (excluding diaryl/α,β-unsaturated/α-hetero) is 3. The first kappa shape index (κ1) is 19.0. The summed E-state index contributed by atoms with van der Waals surface area (Å²) in [5, 5.41) is 0.507. The Kier molecular flexibility index (Phi) is 4.27. The van der Waals surface area contributed by atoms with Gasteiger partial charge in [0.2, 0.25) is 0 Å². The number of ketones is 3. The van der Waals surface area contributed by atoms with E-state index in [9.17, 15) is 14.4 Å². The summed E-state index contributed by atoms with van der Waals surface area (Å²) in [6, 6.07) is 16.8. The number of hydrogen-bond acceptors (Lipinski definition) is 5. The molecule has 1 fully saturated rings. The minimum absolute atomic E-state index is 0.271. The van der Waals surface area contributed by atoms with Gasteiger partial charge in [-0.1, -0.05) is 35.9 Å². The summed E-state index contributed by atoms with van der Waals surface area (Å²) in [7, 11) is 1.73. The van der Waals surface area contributed by atoms with Gasteiger partial charge >= 0.3 is 0 Å². The molecule has 5 nitrogen and oxygen atoms in total. The topological polar surface area (TPSA) is 67.6 Å². The molecule has 0 unspecified atom stereocenters. The Hall–Kier alpha value is -3.02. The summed E-state index contributed by atoms with van der Waals surface area (Å²) in [6.45, 7) is 0.350. The second-order valence-electron chi connectivity index (χ2n) is 7.82. The molecule has 30 heavy (non-hydrogen) atoms. The van der Waals surface area contributed by atoms with Gasteiger partial charge in [-0.2, -0.15) is 0 Å². The van der Waals surface area contributed by atoms with Crippen molar-refractivity contribution in [3.63, 3.8) is 0 Å². The van der Waals surface area contributed by atoms with Gasteiger partial charge in [0.1, 0.15) is 5.76 Å². The van der Waals surface area contributed by atoms with Crippen molar-refractivity contribution >= 4 is 29.0 Å². The third-order valence-corrected chi connectivity index (χ3v) is 6.61. The molecule has 0 saturated carbocycles. The fourth-order valence-electron chi connectivity index (χ4n) is 5.02. The summed E-state index contributed by atoms with van der Waals surface area (Å²) in [5.41, 5.74) is -0.448. The second-order valence-corrected chi connectivity index (χ2v) is 8.26. The molecule has 0 amide bonds. The Balaban J connectivity index is 1.71. The third-order valence-electron chi connectivity index (χ3n) is 6.35. The normalized spacial score (nSPS) is 22.6. The van der Waals surface area contributed by atoms with Crippen LogP contribution in [0.1, 0.15) is 42.8 Å². The average molecular weight is 420 g/mol. The van der Waals surface area contributed by atoms with Crippen molar-refractivity contribution in [2.24, 2.45) is 5.92 Å². The summed E-state index contributed by atoms with van der Waals surface area (Å²) in [4.78, 5) is 42.9. The maximum absolute atomic E-state index is 13.8. The summed E-state index contributed by atoms with van der Waals surface area (Å²) in [5.74, 6) is -1.69. The number of hydrogen-bond donors (Lipinski definition) is 0. The number of halogens is 1. The fourth-order valence-corrected chi connectivity index (χ4v) is 5.14. The summed E-state index contributed by atoms with van der Waals surface area (Å²) >= 11 is 5.99. The Labute approximate surface area is 178 Å². The minimum Gasteiger partial charge on any atom is -0.469 e. The van der Waals surface area contributed by atoms with E-state index < -0.39 is 17.4 Å². The fraction of sp³-hybridized carbons (Fsp3) is 0.208. The zero-order valence-corrected chi connectivity index (χ0v) is 16.9. The molecule has 6 heteroatoms. The zero-order valence-electron chi connectivity index (χ0n) is 16.2. The number of fused-ring (bicyclic) bond motifs is 1. The van der Waals surface area contributed by atoms with Crippen LogP contribution >= 0.6 is 11.6 Å². The molecule has 1 spiro atoms. The lowest BCUT2D eigenvalue weighted by Crippen LogP contribution is -2.57. The van der Waals surface area contributed by atoms with Gasteiger partial charge in [-0.3, -0.25) is 19.3 Å². The number of carbonyl (C=O) groups excluding carboxylic acids is 3. The van der Waals surface area contributed by atoms with E-state index in [2.05, 4.69) is 0 Å². The van der Waals surface area contributed by atoms with Crippen LogP contribution < -0.4 is 0 Å². The second kappa shape index (κ2) is 6.76. The van der Waals surface area contributed by atoms with Crippen LogP contribution in [0.4, 0.5) is 0 Å². The Morgan fingerprint density at radius 1 is 1.00 bits per heavy atom. The lowest BCUT2D eigenvalue weighted by atomic mass is 9.71. The van der Waals surface area contributed by atoms with Crippen molar-refractivity contribution in [1.82, 2.24) is 4.90 Å². The summed E-state index contributed by atoms with van der Waals surface area (Å²) < 4.78 is 5.63. The molecule has 2 atom stereocenters. The molecule has 2 heterocycles. The molecule has 2 aliphatic rings. The number of furan rings is 1. The average Bonchev–Trinajstić information content (AvgIpc) is 3.44. The molecule has 150 valence electrons. The molecule has 1 aliphatic carbocycles. The van der Waals surface area contributed by atoms with E-state index >= 15 is 0 Å². The molecule has 1 aliphatic heterocycles. The number of rotatable bonds is 3. The number of nitrogens with zero attached hydrogens (tertiary/aromatic N) is 1. The number of carbonyl (C=O) groups is 3. The first-order chi connectivity index (χ1) is 14.5. The van der Waals surface area contributed by atoms with Crippen LogP contribution in [0, 0.1) is 5.92 Å². The van der Waals surface area contributed by atoms with E-state index in [1.165, 1.54) is 6.26 Å². The molecule has 0 bridgehead atoms. The number of likely N-dealkylation sites (N-methyl/N-ethyl adjacent to an activating group) is 1. The standard InChI is InChI=1S/C24H18ClNO4/c1-26-13-18(19-7-4-12-30-19)20(21(27)14-8-10-15(25)11-9-14)24(26)22(28)16-5-2-3-6-17(16)23(24)29/h2-12,18,20H,13H2,1H3/t18-,20+/m1/s1. The highest BCUT2D eigenvalue weighted by atomic mass is 35.5. The van der Waals surface area contributed by atoms with Crippen molar-refractivity contribution in [2.75, 3.05) is 13.6 Å². The predicted octanol–water partition coefficient (Wildman–Crippen LogP) is 4.28. The maximum Gasteiger partial charge on any atom is 0.192 e. The molecular weight excluding hydrogens is 402 g/mol. The lowest BCUT2D eigenvalue weighted by Gasteiger charge is -2.33. The van der Waals surface area contributed by atoms with Gasteiger partial charge in [0.25, 0.3) is 0 Å². The Morgan fingerprint density at radius 3 is 2.20 bits per heavy atom. The quantitative estimate of drug-likeness (QED) is 0.468. The van der Waals surface area contributed by atoms with Crippen LogP contribution in [0.2, 0.25) is 5.02 Å². The number of benzene rings is 2. The van der Waals surface area contributed by atoms with Crippen LogP contribution in [0.5, 0.6) is 0 Å². The van der Waals surface area contributed by atoms with E-state index in [0.29, 0.717) is 34.0 Å². The van der Waals surface area contributed by atoms with Crippen LogP contribution in [0.25, 0.3) is 0 Å². The van der Waals surface area contributed by atoms with E-state index in [1.54, 1.807) is 72.6 Å². The van der Waals surface area contributed by atoms with Gasteiger partial charge in [0.05, 0.1) is 12.2 Å². The van der Waals surface area contributed by atoms with Crippen molar-refractivity contribution in [3.8, 4) is 0 Å². The molecular formula is C24H18ClNO4. The molecule has 1 aromatic heterocycles. The van der Waals surface area contributed by atoms with Crippen molar-refractivity contribution in [3.05, 3.63) is 94.4 Å². The first-order valence-corrected chi connectivity index (χ1v) is 10.1. The highest BCUT2D eigenvalue weighted by molar-refractivity contribution is 6.35. The summed E-state index contributed by atoms with van der Waals surface area (Å²) in [6.07, 6.45) is 1.54. The molecule has 2 aromatic carbocycles. The van der Waals surface area contributed by atoms with Crippen LogP contribution in [0.15, 0.2) is 71.3 Å². The van der Waals surface area contributed by atoms with E-state index in [1.807, 2.05) is 0 Å². The number of likely N-dealkylation sites (tertiary alicyclic amines) is 1. The highest BCUT2D eigenvalue weighted by Gasteiger charge is 2.68. The minimum atomic E-state index is -1.59. The van der Waals surface area contributed by atoms with Gasteiger partial charge in [0, 0.05) is 34.2 Å². The van der Waals surface area contributed by atoms with E-state index in [0.717, 1.165) is 0 Å². The Bertz CT molecular complexity index is 1130. The molecule has 1 saturated heterocycles. The monoisotopic (exact) mass is 419 g/mol. The van der Waals surface area contributed by atoms with E-state index in [-0.39, 0.29) is 17.3 Å². The van der Waals surface area contributed by atoms with Crippen molar-refractivity contribution in [1.29, 1.82) is 0 Å². The van der Waals surface area contributed by atoms with Crippen LogP contribution in [-0.2, 0) is 0 Å². The lowest BCUT2D eigenvalue weighted by molar-refractivity contribution is 0.0514. The van der Waals surface area contributed by atoms with Gasteiger partial charge < -0.3 is 4.42 Å². The highest BCUT2D eigenvalue weighted by Crippen LogP contribution is 2.51. The van der Waals surface area contributed by atoms with Gasteiger partial charge in [-0.05, 0) is 43.4 Å². The van der Waals surface area contributed by atoms with Crippen molar-refractivity contribution < 1.29 is 18.8 Å². The van der Waals surface area contributed by atoms with E-state index in [4.69, 9.17) is 16.0 Å².